The van der Waals surface area contributed by atoms with Gasteiger partial charge in [0.1, 0.15) is 6.33 Å². The predicted octanol–water partition coefficient (Wildman–Crippen LogP) is 1.77. The summed E-state index contributed by atoms with van der Waals surface area (Å²) >= 11 is 0. The molecule has 0 fully saturated rings. The van der Waals surface area contributed by atoms with Gasteiger partial charge in [-0.2, -0.15) is 0 Å². The van der Waals surface area contributed by atoms with E-state index in [4.69, 9.17) is 5.73 Å². The number of hydrogen-bond acceptors (Lipinski definition) is 3. The van der Waals surface area contributed by atoms with Gasteiger partial charge < -0.3 is 5.73 Å². The predicted molar refractivity (Wildman–Crippen MR) is 55.9 cm³/mol. The minimum absolute atomic E-state index is 0.0323. The van der Waals surface area contributed by atoms with Crippen molar-refractivity contribution in [1.29, 1.82) is 0 Å². The van der Waals surface area contributed by atoms with E-state index in [0.717, 1.165) is 18.5 Å². The van der Waals surface area contributed by atoms with Crippen LogP contribution in [0.2, 0.25) is 0 Å². The van der Waals surface area contributed by atoms with Gasteiger partial charge in [0.05, 0.1) is 5.69 Å². The molecule has 0 saturated heterocycles. The van der Waals surface area contributed by atoms with Crippen LogP contribution in [0.15, 0.2) is 6.33 Å². The van der Waals surface area contributed by atoms with E-state index in [1.165, 1.54) is 30.5 Å². The van der Waals surface area contributed by atoms with Crippen molar-refractivity contribution in [2.45, 2.75) is 45.1 Å². The summed E-state index contributed by atoms with van der Waals surface area (Å²) < 4.78 is 0. The Morgan fingerprint density at radius 1 is 1.21 bits per heavy atom. The van der Waals surface area contributed by atoms with Gasteiger partial charge in [0, 0.05) is 11.7 Å². The Hall–Kier alpha value is -0.960. The first-order chi connectivity index (χ1) is 6.79. The normalized spacial score (nSPS) is 18.4. The maximum absolute atomic E-state index is 5.90. The fourth-order valence-corrected chi connectivity index (χ4v) is 2.12. The molecular weight excluding hydrogens is 174 g/mol. The number of aromatic nitrogens is 2. The van der Waals surface area contributed by atoms with Crippen LogP contribution < -0.4 is 5.73 Å². The van der Waals surface area contributed by atoms with Crippen LogP contribution in [0.4, 0.5) is 0 Å². The van der Waals surface area contributed by atoms with Gasteiger partial charge in [0.2, 0.25) is 0 Å². The van der Waals surface area contributed by atoms with E-state index in [9.17, 15) is 0 Å². The van der Waals surface area contributed by atoms with Gasteiger partial charge in [-0.1, -0.05) is 6.42 Å². The average Bonchev–Trinajstić information content (AvgIpc) is 2.41. The summed E-state index contributed by atoms with van der Waals surface area (Å²) in [6, 6.07) is 0.0323. The molecule has 0 spiro atoms. The van der Waals surface area contributed by atoms with Crippen molar-refractivity contribution in [3.8, 4) is 0 Å². The minimum atomic E-state index is 0.0323. The Kier molecular flexibility index (Phi) is 2.77. The lowest BCUT2D eigenvalue weighted by Crippen LogP contribution is -2.13. The zero-order valence-electron chi connectivity index (χ0n) is 8.66. The molecule has 1 aliphatic carbocycles. The molecule has 76 valence electrons. The molecule has 2 N–H and O–H groups in total. The maximum atomic E-state index is 5.90. The third kappa shape index (κ3) is 1.77. The van der Waals surface area contributed by atoms with Crippen molar-refractivity contribution in [3.63, 3.8) is 0 Å². The van der Waals surface area contributed by atoms with Crippen molar-refractivity contribution in [2.24, 2.45) is 5.73 Å². The summed E-state index contributed by atoms with van der Waals surface area (Å²) in [5, 5.41) is 0. The highest BCUT2D eigenvalue weighted by atomic mass is 14.9. The highest BCUT2D eigenvalue weighted by Gasteiger charge is 2.15. The van der Waals surface area contributed by atoms with Crippen molar-refractivity contribution in [1.82, 2.24) is 9.97 Å². The van der Waals surface area contributed by atoms with E-state index in [1.807, 2.05) is 6.92 Å². The number of fused-ring (bicyclic) bond motifs is 1. The number of hydrogen-bond donors (Lipinski definition) is 1. The topological polar surface area (TPSA) is 51.8 Å². The molecule has 0 aromatic carbocycles. The van der Waals surface area contributed by atoms with E-state index in [0.29, 0.717) is 0 Å². The van der Waals surface area contributed by atoms with E-state index < -0.39 is 0 Å². The average molecular weight is 191 g/mol. The highest BCUT2D eigenvalue weighted by Crippen LogP contribution is 2.23. The molecule has 1 atom stereocenters. The summed E-state index contributed by atoms with van der Waals surface area (Å²) in [7, 11) is 0. The van der Waals surface area contributed by atoms with Crippen molar-refractivity contribution < 1.29 is 0 Å². The Bertz CT molecular complexity index is 320. The first-order valence-electron chi connectivity index (χ1n) is 5.37. The molecule has 1 unspecified atom stereocenters. The second kappa shape index (κ2) is 4.05. The Morgan fingerprint density at radius 2 is 2.00 bits per heavy atom. The smallest absolute Gasteiger partial charge is 0.116 e. The van der Waals surface area contributed by atoms with Crippen molar-refractivity contribution in [3.05, 3.63) is 23.3 Å². The molecule has 1 heterocycles. The molecule has 14 heavy (non-hydrogen) atoms. The molecule has 0 amide bonds. The molecule has 1 aromatic rings. The van der Waals surface area contributed by atoms with Crippen molar-refractivity contribution in [2.75, 3.05) is 0 Å². The molecule has 1 aliphatic rings. The molecule has 2 rings (SSSR count). The lowest BCUT2D eigenvalue weighted by molar-refractivity contribution is 0.703. The monoisotopic (exact) mass is 191 g/mol. The summed E-state index contributed by atoms with van der Waals surface area (Å²) in [4.78, 5) is 8.65. The second-order valence-electron chi connectivity index (χ2n) is 4.03. The zero-order chi connectivity index (χ0) is 9.97. The Morgan fingerprint density at radius 3 is 2.79 bits per heavy atom. The molecule has 3 nitrogen and oxygen atoms in total. The first-order valence-corrected chi connectivity index (χ1v) is 5.37. The van der Waals surface area contributed by atoms with E-state index >= 15 is 0 Å². The summed E-state index contributed by atoms with van der Waals surface area (Å²) in [6.45, 7) is 1.99. The van der Waals surface area contributed by atoms with Gasteiger partial charge in [0.15, 0.2) is 0 Å². The van der Waals surface area contributed by atoms with E-state index in [1.54, 1.807) is 6.33 Å². The quantitative estimate of drug-likeness (QED) is 0.688. The van der Waals surface area contributed by atoms with Crippen LogP contribution in [-0.2, 0) is 12.8 Å². The Balaban J connectivity index is 2.42. The molecule has 0 aliphatic heterocycles. The van der Waals surface area contributed by atoms with Gasteiger partial charge in [-0.05, 0) is 38.2 Å². The van der Waals surface area contributed by atoms with Crippen LogP contribution in [0.5, 0.6) is 0 Å². The van der Waals surface area contributed by atoms with E-state index in [2.05, 4.69) is 9.97 Å². The third-order valence-corrected chi connectivity index (χ3v) is 2.84. The highest BCUT2D eigenvalue weighted by molar-refractivity contribution is 5.27. The molecular formula is C11H17N3. The number of aryl methyl sites for hydroxylation is 1. The minimum Gasteiger partial charge on any atom is -0.323 e. The fraction of sp³-hybridized carbons (Fsp3) is 0.636. The van der Waals surface area contributed by atoms with Gasteiger partial charge in [0.25, 0.3) is 0 Å². The number of nitrogens with two attached hydrogens (primary N) is 1. The van der Waals surface area contributed by atoms with Gasteiger partial charge in [-0.25, -0.2) is 9.97 Å². The summed E-state index contributed by atoms with van der Waals surface area (Å²) in [6.07, 6.45) is 7.66. The summed E-state index contributed by atoms with van der Waals surface area (Å²) in [5.41, 5.74) is 9.50. The SMILES string of the molecule is CC(N)c1ncnc2c1CCCCC2. The zero-order valence-corrected chi connectivity index (χ0v) is 8.66. The Labute approximate surface area is 84.8 Å². The summed E-state index contributed by atoms with van der Waals surface area (Å²) in [5.74, 6) is 0. The molecule has 0 bridgehead atoms. The van der Waals surface area contributed by atoms with Crippen LogP contribution in [0.25, 0.3) is 0 Å². The third-order valence-electron chi connectivity index (χ3n) is 2.84. The van der Waals surface area contributed by atoms with E-state index in [-0.39, 0.29) is 6.04 Å². The molecule has 1 aromatic heterocycles. The largest absolute Gasteiger partial charge is 0.323 e. The molecule has 3 heteroatoms. The molecule has 0 radical (unpaired) electrons. The standard InChI is InChI=1S/C11H17N3/c1-8(12)11-9-5-3-2-4-6-10(9)13-7-14-11/h7-8H,2-6,12H2,1H3. The first kappa shape index (κ1) is 9.59. The van der Waals surface area contributed by atoms with Crippen LogP contribution in [0.1, 0.15) is 49.2 Å². The van der Waals surface area contributed by atoms with Crippen molar-refractivity contribution >= 4 is 0 Å². The maximum Gasteiger partial charge on any atom is 0.116 e. The van der Waals surface area contributed by atoms with Crippen LogP contribution in [-0.4, -0.2) is 9.97 Å². The van der Waals surface area contributed by atoms with Gasteiger partial charge in [-0.15, -0.1) is 0 Å². The number of rotatable bonds is 1. The van der Waals surface area contributed by atoms with Crippen LogP contribution in [0.3, 0.4) is 0 Å². The van der Waals surface area contributed by atoms with Crippen LogP contribution in [0, 0.1) is 0 Å². The lowest BCUT2D eigenvalue weighted by Gasteiger charge is -2.12. The fourth-order valence-electron chi connectivity index (χ4n) is 2.12. The van der Waals surface area contributed by atoms with Gasteiger partial charge in [-0.3, -0.25) is 0 Å². The van der Waals surface area contributed by atoms with Gasteiger partial charge >= 0.3 is 0 Å². The van der Waals surface area contributed by atoms with Crippen LogP contribution >= 0.6 is 0 Å². The molecule has 0 saturated carbocycles. The second-order valence-corrected chi connectivity index (χ2v) is 4.03. The number of nitrogens with zero attached hydrogens (tertiary/aromatic N) is 2. The lowest BCUT2D eigenvalue weighted by atomic mass is 10.0.